The summed E-state index contributed by atoms with van der Waals surface area (Å²) in [4.78, 5) is 25.1. The Hall–Kier alpha value is -4.39. The topological polar surface area (TPSA) is 148 Å². The Balaban J connectivity index is 0.00000107. The molecule has 0 saturated heterocycles. The molecule has 0 spiro atoms. The number of benzene rings is 1. The van der Waals surface area contributed by atoms with Crippen LogP contribution in [0.15, 0.2) is 36.7 Å². The maximum absolute atomic E-state index is 12.2. The zero-order valence-electron chi connectivity index (χ0n) is 21.7. The van der Waals surface area contributed by atoms with Gasteiger partial charge < -0.3 is 21.1 Å². The standard InChI is InChI=1S/C27H30N6O2.CH3NO/c1-17-15-29-25(31-27(34)18-11-12-18)13-23(17)30-22-10-6-9-20(26(22)35-2)21-16-33(32-24(21)14-28)19-7-4-3-5-8-19;2-1-3/h6,9-10,13,15-16,18-19H,3-5,7-8,11-12H2,1-2H3,(H2,29,30,31,34);1H,(H2,2,3). The predicted molar refractivity (Wildman–Crippen MR) is 145 cm³/mol. The van der Waals surface area contributed by atoms with Gasteiger partial charge in [-0.3, -0.25) is 14.3 Å². The smallest absolute Gasteiger partial charge is 0.228 e. The Morgan fingerprint density at radius 1 is 1.18 bits per heavy atom. The van der Waals surface area contributed by atoms with Crippen LogP contribution in [0, 0.1) is 24.2 Å². The highest BCUT2D eigenvalue weighted by atomic mass is 16.5. The largest absolute Gasteiger partial charge is 0.494 e. The average molecular weight is 516 g/mol. The summed E-state index contributed by atoms with van der Waals surface area (Å²) in [6.07, 6.45) is 11.7. The van der Waals surface area contributed by atoms with Crippen LogP contribution >= 0.6 is 0 Å². The molecule has 2 aliphatic carbocycles. The summed E-state index contributed by atoms with van der Waals surface area (Å²) >= 11 is 0. The predicted octanol–water partition coefficient (Wildman–Crippen LogP) is 4.83. The van der Waals surface area contributed by atoms with Gasteiger partial charge in [-0.15, -0.1) is 0 Å². The number of primary amides is 1. The van der Waals surface area contributed by atoms with Gasteiger partial charge in [0.05, 0.1) is 18.8 Å². The number of nitrogens with two attached hydrogens (primary N) is 1. The molecule has 2 heterocycles. The van der Waals surface area contributed by atoms with Crippen molar-refractivity contribution in [1.82, 2.24) is 14.8 Å². The molecule has 0 atom stereocenters. The second kappa shape index (κ2) is 12.2. The molecule has 5 rings (SSSR count). The summed E-state index contributed by atoms with van der Waals surface area (Å²) in [7, 11) is 1.63. The number of para-hydroxylation sites is 1. The fraction of sp³-hybridized carbons (Fsp3) is 0.393. The number of amides is 2. The van der Waals surface area contributed by atoms with Crippen molar-refractivity contribution in [3.05, 3.63) is 47.9 Å². The monoisotopic (exact) mass is 515 g/mol. The van der Waals surface area contributed by atoms with Gasteiger partial charge in [0.1, 0.15) is 17.6 Å². The molecular weight excluding hydrogens is 482 g/mol. The van der Waals surface area contributed by atoms with Crippen molar-refractivity contribution in [2.24, 2.45) is 11.7 Å². The van der Waals surface area contributed by atoms with E-state index in [1.54, 1.807) is 13.3 Å². The summed E-state index contributed by atoms with van der Waals surface area (Å²) in [5.74, 6) is 1.28. The van der Waals surface area contributed by atoms with Crippen molar-refractivity contribution in [3.8, 4) is 22.9 Å². The Bertz CT molecular complexity index is 1330. The molecule has 2 fully saturated rings. The maximum Gasteiger partial charge on any atom is 0.228 e. The number of rotatable bonds is 7. The minimum atomic E-state index is 0.0193. The highest BCUT2D eigenvalue weighted by molar-refractivity contribution is 5.94. The number of nitrogens with zero attached hydrogens (tertiary/aromatic N) is 4. The molecule has 38 heavy (non-hydrogen) atoms. The van der Waals surface area contributed by atoms with E-state index < -0.39 is 0 Å². The number of nitrogens with one attached hydrogen (secondary N) is 2. The van der Waals surface area contributed by atoms with Gasteiger partial charge >= 0.3 is 0 Å². The molecule has 198 valence electrons. The molecule has 4 N–H and O–H groups in total. The normalized spacial score (nSPS) is 15.0. The van der Waals surface area contributed by atoms with Gasteiger partial charge in [0.15, 0.2) is 5.69 Å². The summed E-state index contributed by atoms with van der Waals surface area (Å²) in [6, 6.07) is 10.3. The first kappa shape index (κ1) is 26.7. The lowest BCUT2D eigenvalue weighted by Crippen LogP contribution is -2.14. The van der Waals surface area contributed by atoms with Crippen molar-refractivity contribution in [2.75, 3.05) is 17.7 Å². The van der Waals surface area contributed by atoms with Crippen LogP contribution in [0.3, 0.4) is 0 Å². The first-order valence-corrected chi connectivity index (χ1v) is 12.9. The number of nitriles is 1. The first-order valence-electron chi connectivity index (χ1n) is 12.9. The molecule has 1 aromatic carbocycles. The minimum Gasteiger partial charge on any atom is -0.494 e. The summed E-state index contributed by atoms with van der Waals surface area (Å²) < 4.78 is 7.80. The highest BCUT2D eigenvalue weighted by Gasteiger charge is 2.30. The fourth-order valence-electron chi connectivity index (χ4n) is 4.72. The summed E-state index contributed by atoms with van der Waals surface area (Å²) in [5, 5.41) is 20.8. The van der Waals surface area contributed by atoms with Crippen LogP contribution in [0.25, 0.3) is 11.1 Å². The lowest BCUT2D eigenvalue weighted by Gasteiger charge is -2.21. The summed E-state index contributed by atoms with van der Waals surface area (Å²) in [6.45, 7) is 1.96. The molecule has 0 aliphatic heterocycles. The van der Waals surface area contributed by atoms with E-state index in [9.17, 15) is 10.1 Å². The molecule has 3 aromatic rings. The van der Waals surface area contributed by atoms with Crippen molar-refractivity contribution in [1.29, 1.82) is 5.26 Å². The van der Waals surface area contributed by atoms with Gasteiger partial charge in [-0.2, -0.15) is 10.4 Å². The molecule has 0 unspecified atom stereocenters. The van der Waals surface area contributed by atoms with Gasteiger partial charge in [-0.1, -0.05) is 31.4 Å². The van der Waals surface area contributed by atoms with Gasteiger partial charge in [-0.25, -0.2) is 4.98 Å². The Morgan fingerprint density at radius 3 is 2.58 bits per heavy atom. The van der Waals surface area contributed by atoms with Crippen LogP contribution in [-0.4, -0.2) is 34.2 Å². The third-order valence-corrected chi connectivity index (χ3v) is 6.87. The minimum absolute atomic E-state index is 0.0193. The number of hydrogen-bond donors (Lipinski definition) is 3. The van der Waals surface area contributed by atoms with Crippen LogP contribution in [-0.2, 0) is 9.59 Å². The Labute approximate surface area is 222 Å². The van der Waals surface area contributed by atoms with E-state index >= 15 is 0 Å². The lowest BCUT2D eigenvalue weighted by atomic mass is 9.96. The van der Waals surface area contributed by atoms with Gasteiger partial charge in [0.2, 0.25) is 12.3 Å². The fourth-order valence-corrected chi connectivity index (χ4v) is 4.72. The molecule has 2 aromatic heterocycles. The van der Waals surface area contributed by atoms with E-state index in [0.29, 0.717) is 23.3 Å². The van der Waals surface area contributed by atoms with Crippen LogP contribution < -0.4 is 21.1 Å². The third kappa shape index (κ3) is 6.11. The van der Waals surface area contributed by atoms with Gasteiger partial charge in [0.25, 0.3) is 0 Å². The Kier molecular flexibility index (Phi) is 8.58. The Morgan fingerprint density at radius 2 is 1.92 bits per heavy atom. The van der Waals surface area contributed by atoms with E-state index in [1.807, 2.05) is 42.1 Å². The zero-order chi connectivity index (χ0) is 27.1. The molecule has 2 saturated carbocycles. The number of anilines is 3. The third-order valence-electron chi connectivity index (χ3n) is 6.87. The number of methoxy groups -OCH3 is 1. The van der Waals surface area contributed by atoms with Gasteiger partial charge in [-0.05, 0) is 44.2 Å². The first-order chi connectivity index (χ1) is 18.5. The van der Waals surface area contributed by atoms with E-state index in [4.69, 9.17) is 9.53 Å². The quantitative estimate of drug-likeness (QED) is 0.382. The van der Waals surface area contributed by atoms with Crippen molar-refractivity contribution in [3.63, 3.8) is 0 Å². The molecule has 0 radical (unpaired) electrons. The van der Waals surface area contributed by atoms with Crippen LogP contribution in [0.1, 0.15) is 62.2 Å². The number of hydrogen-bond acceptors (Lipinski definition) is 7. The number of ether oxygens (including phenoxy) is 1. The number of carbonyl (C=O) groups excluding carboxylic acids is 2. The number of pyridine rings is 1. The zero-order valence-corrected chi connectivity index (χ0v) is 21.7. The molecular formula is C28H33N7O3. The lowest BCUT2D eigenvalue weighted by molar-refractivity contribution is -0.117. The van der Waals surface area contributed by atoms with Crippen LogP contribution in [0.4, 0.5) is 17.2 Å². The second-order valence-electron chi connectivity index (χ2n) is 9.57. The van der Waals surface area contributed by atoms with E-state index in [2.05, 4.69) is 32.5 Å². The molecule has 10 heteroatoms. The summed E-state index contributed by atoms with van der Waals surface area (Å²) in [5.41, 5.74) is 8.65. The average Bonchev–Trinajstić information content (AvgIpc) is 3.70. The van der Waals surface area contributed by atoms with Crippen molar-refractivity contribution < 1.29 is 14.3 Å². The van der Waals surface area contributed by atoms with E-state index in [1.165, 1.54) is 19.3 Å². The molecule has 2 amide bonds. The maximum atomic E-state index is 12.2. The number of aryl methyl sites for hydroxylation is 1. The molecule has 2 aliphatic rings. The second-order valence-corrected chi connectivity index (χ2v) is 9.57. The number of aromatic nitrogens is 3. The van der Waals surface area contributed by atoms with Gasteiger partial charge in [0, 0.05) is 41.2 Å². The van der Waals surface area contributed by atoms with Crippen molar-refractivity contribution in [2.45, 2.75) is 57.9 Å². The van der Waals surface area contributed by atoms with E-state index in [0.717, 1.165) is 53.7 Å². The highest BCUT2D eigenvalue weighted by Crippen LogP contribution is 2.40. The van der Waals surface area contributed by atoms with Crippen molar-refractivity contribution >= 4 is 29.5 Å². The SMILES string of the molecule is COc1c(Nc2cc(NC(=O)C3CC3)ncc2C)cccc1-c1cn(C2CCCCC2)nc1C#N.NC=O. The van der Waals surface area contributed by atoms with Crippen LogP contribution in [0.5, 0.6) is 5.75 Å². The van der Waals surface area contributed by atoms with E-state index in [-0.39, 0.29) is 18.2 Å². The van der Waals surface area contributed by atoms with Crippen LogP contribution in [0.2, 0.25) is 0 Å². The molecule has 0 bridgehead atoms. The number of carbonyl (C=O) groups is 2. The molecule has 10 nitrogen and oxygen atoms in total.